The quantitative estimate of drug-likeness (QED) is 0.231. The van der Waals surface area contributed by atoms with Crippen molar-refractivity contribution in [2.24, 2.45) is 5.10 Å². The topological polar surface area (TPSA) is 92.9 Å². The van der Waals surface area contributed by atoms with Gasteiger partial charge >= 0.3 is 5.97 Å². The van der Waals surface area contributed by atoms with Crippen LogP contribution in [0, 0.1) is 13.8 Å². The lowest BCUT2D eigenvalue weighted by Crippen LogP contribution is -2.26. The number of amides is 1. The normalized spacial score (nSPS) is 10.8. The molecule has 0 saturated carbocycles. The molecule has 0 spiro atoms. The Balaban J connectivity index is 1.62. The van der Waals surface area contributed by atoms with Gasteiger partial charge in [-0.25, -0.2) is 10.2 Å². The third-order valence-electron chi connectivity index (χ3n) is 4.20. The molecule has 154 valence electrons. The Bertz CT molecular complexity index is 1060. The number of hydrogen-bond acceptors (Lipinski definition) is 6. The van der Waals surface area contributed by atoms with Gasteiger partial charge in [0.15, 0.2) is 0 Å². The monoisotopic (exact) mass is 469 g/mol. The van der Waals surface area contributed by atoms with E-state index in [9.17, 15) is 9.59 Å². The molecule has 1 amide bonds. The number of aryl methyl sites for hydroxylation is 2. The fraction of sp³-hybridized carbons (Fsp3) is 0.136. The molecule has 3 aromatic rings. The summed E-state index contributed by atoms with van der Waals surface area (Å²) in [6.07, 6.45) is 2.80. The van der Waals surface area contributed by atoms with E-state index in [0.29, 0.717) is 5.56 Å². The molecule has 2 N–H and O–H groups in total. The maximum absolute atomic E-state index is 12.1. The Morgan fingerprint density at radius 1 is 1.13 bits per heavy atom. The van der Waals surface area contributed by atoms with Crippen molar-refractivity contribution in [1.29, 1.82) is 0 Å². The van der Waals surface area contributed by atoms with E-state index in [1.165, 1.54) is 18.5 Å². The van der Waals surface area contributed by atoms with Crippen LogP contribution in [0.1, 0.15) is 27.2 Å². The second-order valence-electron chi connectivity index (χ2n) is 6.46. The zero-order valence-electron chi connectivity index (χ0n) is 16.4. The largest absolute Gasteiger partial charge is 0.457 e. The van der Waals surface area contributed by atoms with Crippen molar-refractivity contribution in [1.82, 2.24) is 5.43 Å². The first-order valence-electron chi connectivity index (χ1n) is 9.11. The Kier molecular flexibility index (Phi) is 7.03. The maximum atomic E-state index is 12.1. The molecule has 3 rings (SSSR count). The van der Waals surface area contributed by atoms with E-state index in [-0.39, 0.29) is 24.0 Å². The highest BCUT2D eigenvalue weighted by Gasteiger charge is 2.14. The lowest BCUT2D eigenvalue weighted by atomic mass is 10.1. The molecular formula is C22H20BrN3O4. The van der Waals surface area contributed by atoms with Crippen molar-refractivity contribution in [3.63, 3.8) is 0 Å². The van der Waals surface area contributed by atoms with Gasteiger partial charge < -0.3 is 14.5 Å². The lowest BCUT2D eigenvalue weighted by molar-refractivity contribution is -0.119. The fourth-order valence-electron chi connectivity index (χ4n) is 2.73. The fourth-order valence-corrected chi connectivity index (χ4v) is 3.11. The summed E-state index contributed by atoms with van der Waals surface area (Å²) in [6.45, 7) is 4.02. The number of hydrogen-bond donors (Lipinski definition) is 2. The molecule has 8 heteroatoms. The van der Waals surface area contributed by atoms with E-state index in [0.717, 1.165) is 21.3 Å². The average molecular weight is 470 g/mol. The lowest BCUT2D eigenvalue weighted by Gasteiger charge is -2.11. The molecule has 0 atom stereocenters. The van der Waals surface area contributed by atoms with Gasteiger partial charge in [-0.05, 0) is 55.3 Å². The van der Waals surface area contributed by atoms with Crippen molar-refractivity contribution >= 4 is 39.7 Å². The van der Waals surface area contributed by atoms with Crippen molar-refractivity contribution in [2.45, 2.75) is 13.8 Å². The molecule has 0 aliphatic heterocycles. The maximum Gasteiger partial charge on any atom is 0.379 e. The van der Waals surface area contributed by atoms with Gasteiger partial charge in [0.1, 0.15) is 5.75 Å². The van der Waals surface area contributed by atoms with Crippen molar-refractivity contribution in [3.8, 4) is 5.75 Å². The molecule has 0 bridgehead atoms. The number of carbonyl (C=O) groups is 2. The van der Waals surface area contributed by atoms with Gasteiger partial charge in [-0.15, -0.1) is 0 Å². The Morgan fingerprint density at radius 3 is 2.60 bits per heavy atom. The minimum Gasteiger partial charge on any atom is -0.457 e. The Hall–Kier alpha value is -3.39. The number of nitrogens with one attached hydrogen (secondary N) is 2. The summed E-state index contributed by atoms with van der Waals surface area (Å²) < 4.78 is 11.2. The van der Waals surface area contributed by atoms with Crippen LogP contribution < -0.4 is 15.5 Å². The van der Waals surface area contributed by atoms with E-state index >= 15 is 0 Å². The standard InChI is InChI=1S/C22H20BrN3O4/c1-14-5-3-6-15(2)21(14)24-13-20(27)26-25-12-16-11-17(23)8-9-18(16)30-22(28)19-7-4-10-29-19/h3-12,24H,13H2,1-2H3,(H,26,27). The number of nitrogens with zero attached hydrogens (tertiary/aromatic N) is 1. The average Bonchev–Trinajstić information content (AvgIpc) is 3.24. The number of halogens is 1. The van der Waals surface area contributed by atoms with Crippen LogP contribution in [0.3, 0.4) is 0 Å². The van der Waals surface area contributed by atoms with Gasteiger partial charge in [0.25, 0.3) is 5.91 Å². The molecule has 0 fully saturated rings. The summed E-state index contributed by atoms with van der Waals surface area (Å²) in [5.41, 5.74) is 6.01. The van der Waals surface area contributed by atoms with Gasteiger partial charge in [-0.1, -0.05) is 34.1 Å². The molecule has 7 nitrogen and oxygen atoms in total. The number of esters is 1. The van der Waals surface area contributed by atoms with Crippen molar-refractivity contribution in [3.05, 3.63) is 81.7 Å². The zero-order chi connectivity index (χ0) is 21.5. The van der Waals surface area contributed by atoms with Crippen LogP contribution in [-0.4, -0.2) is 24.6 Å². The van der Waals surface area contributed by atoms with E-state index in [1.807, 2.05) is 32.0 Å². The summed E-state index contributed by atoms with van der Waals surface area (Å²) >= 11 is 3.37. The van der Waals surface area contributed by atoms with Crippen LogP contribution in [-0.2, 0) is 4.79 Å². The highest BCUT2D eigenvalue weighted by Crippen LogP contribution is 2.23. The molecular weight excluding hydrogens is 450 g/mol. The van der Waals surface area contributed by atoms with E-state index in [1.54, 1.807) is 24.3 Å². The number of benzene rings is 2. The van der Waals surface area contributed by atoms with Crippen LogP contribution in [0.5, 0.6) is 5.75 Å². The predicted octanol–water partition coefficient (Wildman–Crippen LogP) is 4.44. The zero-order valence-corrected chi connectivity index (χ0v) is 18.0. The number of hydrazone groups is 1. The molecule has 0 saturated heterocycles. The first kappa shape index (κ1) is 21.3. The van der Waals surface area contributed by atoms with Gasteiger partial charge in [0.2, 0.25) is 5.76 Å². The highest BCUT2D eigenvalue weighted by atomic mass is 79.9. The molecule has 1 aromatic heterocycles. The summed E-state index contributed by atoms with van der Waals surface area (Å²) in [6, 6.07) is 14.1. The van der Waals surface area contributed by atoms with Gasteiger partial charge in [0.05, 0.1) is 19.0 Å². The van der Waals surface area contributed by atoms with Crippen LogP contribution in [0.4, 0.5) is 5.69 Å². The molecule has 0 aliphatic rings. The number of ether oxygens (including phenoxy) is 1. The smallest absolute Gasteiger partial charge is 0.379 e. The van der Waals surface area contributed by atoms with Crippen molar-refractivity contribution in [2.75, 3.05) is 11.9 Å². The van der Waals surface area contributed by atoms with Gasteiger partial charge in [0, 0.05) is 15.7 Å². The van der Waals surface area contributed by atoms with E-state index in [4.69, 9.17) is 9.15 Å². The number of anilines is 1. The summed E-state index contributed by atoms with van der Waals surface area (Å²) in [5.74, 6) is -0.560. The van der Waals surface area contributed by atoms with Gasteiger partial charge in [-0.2, -0.15) is 5.10 Å². The first-order chi connectivity index (χ1) is 14.4. The first-order valence-corrected chi connectivity index (χ1v) is 9.90. The van der Waals surface area contributed by atoms with E-state index in [2.05, 4.69) is 31.8 Å². The summed E-state index contributed by atoms with van der Waals surface area (Å²) in [7, 11) is 0. The third-order valence-corrected chi connectivity index (χ3v) is 4.69. The van der Waals surface area contributed by atoms with Crippen LogP contribution in [0.15, 0.2) is 68.8 Å². The SMILES string of the molecule is Cc1cccc(C)c1NCC(=O)NN=Cc1cc(Br)ccc1OC(=O)c1ccco1. The predicted molar refractivity (Wildman–Crippen MR) is 118 cm³/mol. The van der Waals surface area contributed by atoms with Gasteiger partial charge in [-0.3, -0.25) is 4.79 Å². The Morgan fingerprint density at radius 2 is 1.90 bits per heavy atom. The van der Waals surface area contributed by atoms with Crippen molar-refractivity contribution < 1.29 is 18.7 Å². The molecule has 0 unspecified atom stereocenters. The number of rotatable bonds is 7. The number of para-hydroxylation sites is 1. The number of carbonyl (C=O) groups excluding carboxylic acids is 2. The molecule has 0 radical (unpaired) electrons. The number of furan rings is 1. The van der Waals surface area contributed by atoms with Crippen LogP contribution in [0.2, 0.25) is 0 Å². The van der Waals surface area contributed by atoms with Crippen LogP contribution >= 0.6 is 15.9 Å². The molecule has 1 heterocycles. The molecule has 30 heavy (non-hydrogen) atoms. The molecule has 0 aliphatic carbocycles. The minimum atomic E-state index is -0.626. The van der Waals surface area contributed by atoms with E-state index < -0.39 is 5.97 Å². The van der Waals surface area contributed by atoms with Crippen LogP contribution in [0.25, 0.3) is 0 Å². The second kappa shape index (κ2) is 9.89. The second-order valence-corrected chi connectivity index (χ2v) is 7.38. The minimum absolute atomic E-state index is 0.0713. The summed E-state index contributed by atoms with van der Waals surface area (Å²) in [5, 5.41) is 7.09. The third kappa shape index (κ3) is 5.57. The summed E-state index contributed by atoms with van der Waals surface area (Å²) in [4.78, 5) is 24.2. The molecule has 2 aromatic carbocycles. The highest BCUT2D eigenvalue weighted by molar-refractivity contribution is 9.10. The Labute approximate surface area is 182 Å².